The zero-order valence-electron chi connectivity index (χ0n) is 16.0. The molecule has 1 aliphatic rings. The number of β-amino-alcohol motifs (C(OH)–C–C–N with tert-alkyl or cyclic N) is 1. The largest absolute Gasteiger partial charge is 0.496 e. The van der Waals surface area contributed by atoms with Crippen LogP contribution < -0.4 is 9.64 Å². The van der Waals surface area contributed by atoms with E-state index in [9.17, 15) is 5.11 Å². The molecule has 0 amide bonds. The monoisotopic (exact) mass is 372 g/mol. The van der Waals surface area contributed by atoms with Crippen molar-refractivity contribution in [3.05, 3.63) is 47.9 Å². The van der Waals surface area contributed by atoms with Gasteiger partial charge in [0, 0.05) is 44.5 Å². The summed E-state index contributed by atoms with van der Waals surface area (Å²) in [6.07, 6.45) is 1.29. The average Bonchev–Trinajstić information content (AvgIpc) is 2.69. The fourth-order valence-electron chi connectivity index (χ4n) is 3.26. The number of hydrogen-bond acceptors (Lipinski definition) is 7. The van der Waals surface area contributed by atoms with Crippen LogP contribution in [0.4, 0.5) is 5.82 Å². The summed E-state index contributed by atoms with van der Waals surface area (Å²) in [4.78, 5) is 13.2. The number of aryl methyl sites for hydroxylation is 1. The van der Waals surface area contributed by atoms with E-state index in [4.69, 9.17) is 9.47 Å². The Kier molecular flexibility index (Phi) is 6.98. The van der Waals surface area contributed by atoms with Gasteiger partial charge < -0.3 is 19.5 Å². The van der Waals surface area contributed by atoms with Gasteiger partial charge in [-0.15, -0.1) is 0 Å². The van der Waals surface area contributed by atoms with Crippen LogP contribution in [0.15, 0.2) is 36.5 Å². The molecule has 1 unspecified atom stereocenters. The summed E-state index contributed by atoms with van der Waals surface area (Å²) < 4.78 is 11.0. The highest BCUT2D eigenvalue weighted by molar-refractivity contribution is 5.38. The second kappa shape index (κ2) is 9.64. The molecule has 0 saturated carbocycles. The number of piperazine rings is 1. The summed E-state index contributed by atoms with van der Waals surface area (Å²) in [7, 11) is 1.65. The van der Waals surface area contributed by atoms with Crippen LogP contribution in [0.25, 0.3) is 0 Å². The number of anilines is 1. The van der Waals surface area contributed by atoms with Gasteiger partial charge in [-0.25, -0.2) is 9.97 Å². The summed E-state index contributed by atoms with van der Waals surface area (Å²) in [6, 6.07) is 9.71. The van der Waals surface area contributed by atoms with Gasteiger partial charge in [0.1, 0.15) is 17.4 Å². The molecule has 1 aromatic heterocycles. The lowest BCUT2D eigenvalue weighted by atomic mass is 10.2. The van der Waals surface area contributed by atoms with Crippen LogP contribution in [0.1, 0.15) is 11.4 Å². The van der Waals surface area contributed by atoms with Crippen molar-refractivity contribution in [2.24, 2.45) is 0 Å². The highest BCUT2D eigenvalue weighted by Crippen LogP contribution is 2.18. The molecule has 0 aliphatic carbocycles. The topological polar surface area (TPSA) is 71.0 Å². The molecule has 7 heteroatoms. The Labute approximate surface area is 160 Å². The van der Waals surface area contributed by atoms with Gasteiger partial charge in [-0.2, -0.15) is 0 Å². The van der Waals surface area contributed by atoms with E-state index in [0.29, 0.717) is 19.8 Å². The van der Waals surface area contributed by atoms with E-state index in [-0.39, 0.29) is 0 Å². The summed E-state index contributed by atoms with van der Waals surface area (Å²) in [5, 5.41) is 10.3. The van der Waals surface area contributed by atoms with Gasteiger partial charge in [-0.05, 0) is 19.1 Å². The molecule has 1 fully saturated rings. The molecule has 1 aliphatic heterocycles. The molecule has 2 heterocycles. The highest BCUT2D eigenvalue weighted by Gasteiger charge is 2.20. The molecule has 1 aromatic carbocycles. The van der Waals surface area contributed by atoms with Crippen molar-refractivity contribution < 1.29 is 14.6 Å². The van der Waals surface area contributed by atoms with E-state index >= 15 is 0 Å². The van der Waals surface area contributed by atoms with Gasteiger partial charge in [-0.3, -0.25) is 4.90 Å². The van der Waals surface area contributed by atoms with Crippen LogP contribution in [0.2, 0.25) is 0 Å². The minimum absolute atomic E-state index is 0.309. The van der Waals surface area contributed by atoms with Crippen LogP contribution in [0.3, 0.4) is 0 Å². The minimum Gasteiger partial charge on any atom is -0.496 e. The number of ether oxygens (including phenoxy) is 2. The first-order chi connectivity index (χ1) is 13.2. The van der Waals surface area contributed by atoms with Crippen LogP contribution >= 0.6 is 0 Å². The molecule has 0 spiro atoms. The maximum atomic E-state index is 10.3. The Hall–Kier alpha value is -2.22. The number of aliphatic hydroxyl groups excluding tert-OH is 1. The zero-order chi connectivity index (χ0) is 19.1. The predicted octanol–water partition coefficient (Wildman–Crippen LogP) is 1.49. The van der Waals surface area contributed by atoms with Crippen molar-refractivity contribution in [1.29, 1.82) is 0 Å². The maximum absolute atomic E-state index is 10.3. The van der Waals surface area contributed by atoms with Gasteiger partial charge in [-0.1, -0.05) is 18.2 Å². The van der Waals surface area contributed by atoms with Gasteiger partial charge >= 0.3 is 0 Å². The average molecular weight is 372 g/mol. The zero-order valence-corrected chi connectivity index (χ0v) is 16.0. The lowest BCUT2D eigenvalue weighted by Gasteiger charge is -2.36. The second-order valence-corrected chi connectivity index (χ2v) is 6.73. The van der Waals surface area contributed by atoms with Crippen molar-refractivity contribution in [2.45, 2.75) is 19.6 Å². The van der Waals surface area contributed by atoms with E-state index in [0.717, 1.165) is 49.1 Å². The summed E-state index contributed by atoms with van der Waals surface area (Å²) in [5.74, 6) is 2.57. The molecule has 3 rings (SSSR count). The first-order valence-corrected chi connectivity index (χ1v) is 9.30. The lowest BCUT2D eigenvalue weighted by Crippen LogP contribution is -2.49. The summed E-state index contributed by atoms with van der Waals surface area (Å²) in [5.41, 5.74) is 0.987. The van der Waals surface area contributed by atoms with E-state index in [2.05, 4.69) is 19.8 Å². The third-order valence-corrected chi connectivity index (χ3v) is 4.69. The molecule has 0 bridgehead atoms. The standard InChI is InChI=1S/C20H28N4O3/c1-16-21-8-7-20(22-16)24-11-9-23(10-12-24)13-18(25)15-27-14-17-5-3-4-6-19(17)26-2/h3-8,18,25H,9-15H2,1-2H3. The normalized spacial score (nSPS) is 16.3. The fourth-order valence-corrected chi connectivity index (χ4v) is 3.26. The second-order valence-electron chi connectivity index (χ2n) is 6.73. The molecule has 1 N–H and O–H groups in total. The predicted molar refractivity (Wildman–Crippen MR) is 104 cm³/mol. The third-order valence-electron chi connectivity index (χ3n) is 4.69. The number of methoxy groups -OCH3 is 1. The van der Waals surface area contributed by atoms with Gasteiger partial charge in [0.25, 0.3) is 0 Å². The molecule has 0 radical (unpaired) electrons. The number of nitrogens with zero attached hydrogens (tertiary/aromatic N) is 4. The van der Waals surface area contributed by atoms with Crippen molar-refractivity contribution in [1.82, 2.24) is 14.9 Å². The number of rotatable bonds is 8. The van der Waals surface area contributed by atoms with Crippen molar-refractivity contribution >= 4 is 5.82 Å². The molecule has 1 saturated heterocycles. The first kappa shape index (κ1) is 19.5. The Morgan fingerprint density at radius 3 is 2.67 bits per heavy atom. The number of para-hydroxylation sites is 1. The Balaban J connectivity index is 1.38. The molecule has 146 valence electrons. The smallest absolute Gasteiger partial charge is 0.132 e. The van der Waals surface area contributed by atoms with Crippen LogP contribution in [0, 0.1) is 6.92 Å². The van der Waals surface area contributed by atoms with E-state index in [1.165, 1.54) is 0 Å². The fraction of sp³-hybridized carbons (Fsp3) is 0.500. The quantitative estimate of drug-likeness (QED) is 0.753. The van der Waals surface area contributed by atoms with Gasteiger partial charge in [0.2, 0.25) is 0 Å². The number of hydrogen-bond donors (Lipinski definition) is 1. The Morgan fingerprint density at radius 1 is 1.15 bits per heavy atom. The minimum atomic E-state index is -0.507. The van der Waals surface area contributed by atoms with Crippen molar-refractivity contribution in [3.8, 4) is 5.75 Å². The summed E-state index contributed by atoms with van der Waals surface area (Å²) >= 11 is 0. The molecule has 27 heavy (non-hydrogen) atoms. The Morgan fingerprint density at radius 2 is 1.93 bits per heavy atom. The number of benzene rings is 1. The maximum Gasteiger partial charge on any atom is 0.132 e. The first-order valence-electron chi connectivity index (χ1n) is 9.30. The SMILES string of the molecule is COc1ccccc1COCC(O)CN1CCN(c2ccnc(C)n2)CC1. The molecular weight excluding hydrogens is 344 g/mol. The summed E-state index contributed by atoms with van der Waals surface area (Å²) in [6.45, 7) is 6.84. The van der Waals surface area contributed by atoms with Crippen LogP contribution in [-0.4, -0.2) is 72.5 Å². The van der Waals surface area contributed by atoms with Crippen LogP contribution in [0.5, 0.6) is 5.75 Å². The van der Waals surface area contributed by atoms with E-state index in [1.54, 1.807) is 13.3 Å². The molecule has 2 aromatic rings. The molecule has 1 atom stereocenters. The van der Waals surface area contributed by atoms with E-state index < -0.39 is 6.10 Å². The van der Waals surface area contributed by atoms with Gasteiger partial charge in [0.15, 0.2) is 0 Å². The Bertz CT molecular complexity index is 720. The molecule has 7 nitrogen and oxygen atoms in total. The van der Waals surface area contributed by atoms with Crippen molar-refractivity contribution in [3.63, 3.8) is 0 Å². The highest BCUT2D eigenvalue weighted by atomic mass is 16.5. The van der Waals surface area contributed by atoms with Crippen LogP contribution in [-0.2, 0) is 11.3 Å². The van der Waals surface area contributed by atoms with E-state index in [1.807, 2.05) is 37.3 Å². The third kappa shape index (κ3) is 5.63. The van der Waals surface area contributed by atoms with Gasteiger partial charge in [0.05, 0.1) is 26.4 Å². The number of aliphatic hydroxyl groups is 1. The molecular formula is C20H28N4O3. The lowest BCUT2D eigenvalue weighted by molar-refractivity contribution is 0.00864. The van der Waals surface area contributed by atoms with Crippen molar-refractivity contribution in [2.75, 3.05) is 51.3 Å². The number of aromatic nitrogens is 2.